The third-order valence-electron chi connectivity index (χ3n) is 8.56. The summed E-state index contributed by atoms with van der Waals surface area (Å²) >= 11 is 13.0. The van der Waals surface area contributed by atoms with E-state index in [2.05, 4.69) is 9.47 Å². The van der Waals surface area contributed by atoms with Gasteiger partial charge in [-0.2, -0.15) is 0 Å². The first kappa shape index (κ1) is 33.8. The molecule has 12 heteroatoms. The summed E-state index contributed by atoms with van der Waals surface area (Å²) in [4.78, 5) is 27.2. The van der Waals surface area contributed by atoms with Gasteiger partial charge in [-0.3, -0.25) is 9.59 Å². The van der Waals surface area contributed by atoms with E-state index in [1.54, 1.807) is 19.1 Å². The second kappa shape index (κ2) is 14.6. The van der Waals surface area contributed by atoms with Gasteiger partial charge < -0.3 is 28.7 Å². The molecule has 0 saturated carbocycles. The molecule has 0 bridgehead atoms. The van der Waals surface area contributed by atoms with Gasteiger partial charge in [0.05, 0.1) is 11.6 Å². The Labute approximate surface area is 290 Å². The summed E-state index contributed by atoms with van der Waals surface area (Å²) in [6.07, 6.45) is 5.58. The van der Waals surface area contributed by atoms with Crippen molar-refractivity contribution in [3.63, 3.8) is 0 Å². The predicted molar refractivity (Wildman–Crippen MR) is 182 cm³/mol. The number of aromatic nitrogens is 2. The fourth-order valence-electron chi connectivity index (χ4n) is 6.13. The third kappa shape index (κ3) is 7.95. The van der Waals surface area contributed by atoms with Gasteiger partial charge in [-0.15, -0.1) is 0 Å². The van der Waals surface area contributed by atoms with Crippen LogP contribution in [0.15, 0.2) is 79.4 Å². The van der Waals surface area contributed by atoms with Gasteiger partial charge in [-0.25, -0.2) is 9.13 Å². The minimum Gasteiger partial charge on any atom is -0.491 e. The van der Waals surface area contributed by atoms with E-state index in [0.717, 1.165) is 48.7 Å². The Bertz CT molecular complexity index is 1770. The lowest BCUT2D eigenvalue weighted by molar-refractivity contribution is -0.688. The van der Waals surface area contributed by atoms with Crippen molar-refractivity contribution >= 4 is 40.8 Å². The monoisotopic (exact) mass is 693 g/mol. The molecular formula is C36H39Cl2N4O6+. The highest BCUT2D eigenvalue weighted by Crippen LogP contribution is 2.40. The molecule has 4 aromatic rings. The van der Waals surface area contributed by atoms with Crippen LogP contribution in [-0.2, 0) is 37.9 Å². The summed E-state index contributed by atoms with van der Waals surface area (Å²) in [7, 11) is 0. The molecule has 2 aliphatic heterocycles. The highest BCUT2D eigenvalue weighted by atomic mass is 35.5. The standard InChI is InChI=1S/C36H39Cl2N4O6/c1-25-18-28(4-11-35(25)47-27(3)44)20-39-12-13-40(24-39)23-36(33-10-5-29(37)19-34(33)38)46-22-32(48-36)21-45-31-8-6-30(7-9-31)42-16-14-41(15-17-42)26(2)43/h4-13,18-19,24,32H,14-17,20-23H2,1-3H3/q+1. The Morgan fingerprint density at radius 2 is 1.77 bits per heavy atom. The van der Waals surface area contributed by atoms with Crippen molar-refractivity contribution in [1.82, 2.24) is 9.47 Å². The van der Waals surface area contributed by atoms with Crippen LogP contribution in [0.1, 0.15) is 30.5 Å². The Kier molecular flexibility index (Phi) is 10.3. The summed E-state index contributed by atoms with van der Waals surface area (Å²) in [5.41, 5.74) is 3.73. The molecule has 2 aliphatic rings. The van der Waals surface area contributed by atoms with Crippen molar-refractivity contribution < 1.29 is 33.1 Å². The van der Waals surface area contributed by atoms with Crippen molar-refractivity contribution in [3.8, 4) is 11.5 Å². The average molecular weight is 695 g/mol. The number of rotatable bonds is 10. The third-order valence-corrected chi connectivity index (χ3v) is 9.11. The molecule has 0 aliphatic carbocycles. The SMILES string of the molecule is CC(=O)Oc1ccc(C[n+]2ccn(CC3(c4ccc(Cl)cc4Cl)OCC(COc4ccc(N5CCN(C(C)=O)CC5)cc4)O3)c2)cc1C. The first-order chi connectivity index (χ1) is 23.1. The van der Waals surface area contributed by atoms with E-state index in [1.165, 1.54) is 6.92 Å². The van der Waals surface area contributed by atoms with Crippen LogP contribution in [0, 0.1) is 6.92 Å². The van der Waals surface area contributed by atoms with Gasteiger partial charge in [0, 0.05) is 56.3 Å². The first-order valence-electron chi connectivity index (χ1n) is 15.9. The number of imidazole rings is 1. The van der Waals surface area contributed by atoms with Gasteiger partial charge in [0.25, 0.3) is 0 Å². The number of anilines is 1. The fraction of sp³-hybridized carbons (Fsp3) is 0.361. The van der Waals surface area contributed by atoms with Gasteiger partial charge in [0.15, 0.2) is 0 Å². The maximum absolute atomic E-state index is 11.7. The predicted octanol–water partition coefficient (Wildman–Crippen LogP) is 5.38. The molecule has 2 saturated heterocycles. The van der Waals surface area contributed by atoms with Gasteiger partial charge >= 0.3 is 5.97 Å². The molecule has 10 nitrogen and oxygen atoms in total. The highest BCUT2D eigenvalue weighted by Gasteiger charge is 2.47. The van der Waals surface area contributed by atoms with Crippen LogP contribution in [0.25, 0.3) is 0 Å². The smallest absolute Gasteiger partial charge is 0.308 e. The van der Waals surface area contributed by atoms with Crippen molar-refractivity contribution in [2.75, 3.05) is 44.3 Å². The Morgan fingerprint density at radius 1 is 1.00 bits per heavy atom. The summed E-state index contributed by atoms with van der Waals surface area (Å²) in [5.74, 6) is -0.103. The zero-order chi connectivity index (χ0) is 33.8. The van der Waals surface area contributed by atoms with E-state index in [1.807, 2.05) is 83.6 Å². The van der Waals surface area contributed by atoms with Crippen LogP contribution in [0.3, 0.4) is 0 Å². The summed E-state index contributed by atoms with van der Waals surface area (Å²) < 4.78 is 28.5. The highest BCUT2D eigenvalue weighted by molar-refractivity contribution is 6.35. The average Bonchev–Trinajstić information content (AvgIpc) is 3.68. The number of hydrogen-bond acceptors (Lipinski definition) is 7. The summed E-state index contributed by atoms with van der Waals surface area (Å²) in [6.45, 7) is 9.54. The van der Waals surface area contributed by atoms with Gasteiger partial charge in [0.1, 0.15) is 49.7 Å². The number of benzene rings is 3. The summed E-state index contributed by atoms with van der Waals surface area (Å²) in [5, 5.41) is 0.974. The van der Waals surface area contributed by atoms with Crippen LogP contribution >= 0.6 is 23.2 Å². The number of halogens is 2. The number of piperazine rings is 1. The van der Waals surface area contributed by atoms with Gasteiger partial charge in [-0.05, 0) is 66.6 Å². The van der Waals surface area contributed by atoms with E-state index in [4.69, 9.17) is 42.1 Å². The molecule has 3 heterocycles. The Hall–Kier alpha value is -4.09. The molecule has 1 aromatic heterocycles. The van der Waals surface area contributed by atoms with Crippen molar-refractivity contribution in [2.24, 2.45) is 0 Å². The number of carbonyl (C=O) groups is 2. The lowest BCUT2D eigenvalue weighted by atomic mass is 10.1. The molecule has 2 fully saturated rings. The maximum atomic E-state index is 11.7. The second-order valence-electron chi connectivity index (χ2n) is 12.2. The topological polar surface area (TPSA) is 86.4 Å². The number of nitrogens with zero attached hydrogens (tertiary/aromatic N) is 4. The van der Waals surface area contributed by atoms with E-state index < -0.39 is 5.79 Å². The van der Waals surface area contributed by atoms with E-state index in [9.17, 15) is 9.59 Å². The molecule has 6 rings (SSSR count). The minimum absolute atomic E-state index is 0.118. The lowest BCUT2D eigenvalue weighted by Gasteiger charge is -2.35. The van der Waals surface area contributed by atoms with Crippen LogP contribution in [-0.4, -0.2) is 66.8 Å². The molecule has 252 valence electrons. The van der Waals surface area contributed by atoms with E-state index in [0.29, 0.717) is 41.1 Å². The molecule has 1 amide bonds. The molecule has 2 unspecified atom stereocenters. The van der Waals surface area contributed by atoms with Crippen LogP contribution in [0.5, 0.6) is 11.5 Å². The minimum atomic E-state index is -1.17. The molecule has 0 N–H and O–H groups in total. The fourth-order valence-corrected chi connectivity index (χ4v) is 6.69. The number of amides is 1. The van der Waals surface area contributed by atoms with Crippen LogP contribution < -0.4 is 18.9 Å². The molecule has 0 radical (unpaired) electrons. The second-order valence-corrected chi connectivity index (χ2v) is 13.0. The summed E-state index contributed by atoms with van der Waals surface area (Å²) in [6, 6.07) is 19.1. The number of ether oxygens (including phenoxy) is 4. The number of hydrogen-bond donors (Lipinski definition) is 0. The van der Waals surface area contributed by atoms with E-state index in [-0.39, 0.29) is 24.6 Å². The first-order valence-corrected chi connectivity index (χ1v) is 16.7. The number of esters is 1. The van der Waals surface area contributed by atoms with Crippen LogP contribution in [0.2, 0.25) is 10.0 Å². The van der Waals surface area contributed by atoms with Gasteiger partial charge in [-0.1, -0.05) is 35.3 Å². The Morgan fingerprint density at radius 3 is 2.46 bits per heavy atom. The molecular weight excluding hydrogens is 655 g/mol. The lowest BCUT2D eigenvalue weighted by Crippen LogP contribution is -2.48. The van der Waals surface area contributed by atoms with Crippen molar-refractivity contribution in [3.05, 3.63) is 106 Å². The maximum Gasteiger partial charge on any atom is 0.308 e. The molecule has 48 heavy (non-hydrogen) atoms. The number of carbonyl (C=O) groups excluding carboxylic acids is 2. The zero-order valence-corrected chi connectivity index (χ0v) is 28.7. The van der Waals surface area contributed by atoms with Crippen molar-refractivity contribution in [1.29, 1.82) is 0 Å². The van der Waals surface area contributed by atoms with Gasteiger partial charge in [0.2, 0.25) is 18.0 Å². The van der Waals surface area contributed by atoms with E-state index >= 15 is 0 Å². The quantitative estimate of drug-likeness (QED) is 0.125. The van der Waals surface area contributed by atoms with Crippen molar-refractivity contribution in [2.45, 2.75) is 45.8 Å². The molecule has 3 aromatic carbocycles. The largest absolute Gasteiger partial charge is 0.491 e. The molecule has 0 spiro atoms. The Balaban J connectivity index is 1.11. The zero-order valence-electron chi connectivity index (χ0n) is 27.2. The van der Waals surface area contributed by atoms with Crippen LogP contribution in [0.4, 0.5) is 5.69 Å². The molecule has 2 atom stereocenters. The normalized spacial score (nSPS) is 19.4. The number of aryl methyl sites for hydroxylation is 1.